The van der Waals surface area contributed by atoms with E-state index in [1.54, 1.807) is 0 Å². The highest BCUT2D eigenvalue weighted by atomic mass is 16.3. The molecule has 1 aromatic heterocycles. The van der Waals surface area contributed by atoms with Crippen LogP contribution in [-0.2, 0) is 6.54 Å². The molecule has 0 spiro atoms. The minimum Gasteiger partial charge on any atom is -0.395 e. The summed E-state index contributed by atoms with van der Waals surface area (Å²) < 4.78 is 0. The van der Waals surface area contributed by atoms with Gasteiger partial charge in [-0.2, -0.15) is 0 Å². The Kier molecular flexibility index (Phi) is 4.91. The molecule has 0 unspecified atom stereocenters. The predicted octanol–water partition coefficient (Wildman–Crippen LogP) is 2.78. The second-order valence-electron chi connectivity index (χ2n) is 6.74. The fourth-order valence-electron chi connectivity index (χ4n) is 2.59. The summed E-state index contributed by atoms with van der Waals surface area (Å²) in [6.45, 7) is 11.0. The van der Waals surface area contributed by atoms with Crippen molar-refractivity contribution < 1.29 is 5.11 Å². The van der Waals surface area contributed by atoms with Gasteiger partial charge in [0.15, 0.2) is 0 Å². The number of aliphatic hydroxyl groups excluding tert-OH is 1. The smallest absolute Gasteiger partial charge is 0.143 e. The highest BCUT2D eigenvalue weighted by molar-refractivity contribution is 5.80. The Morgan fingerprint density at radius 3 is 2.52 bits per heavy atom. The third-order valence-corrected chi connectivity index (χ3v) is 3.32. The van der Waals surface area contributed by atoms with Gasteiger partial charge in [0, 0.05) is 24.2 Å². The van der Waals surface area contributed by atoms with Crippen LogP contribution in [0.1, 0.15) is 32.3 Å². The van der Waals surface area contributed by atoms with Crippen molar-refractivity contribution in [3.8, 4) is 0 Å². The molecule has 0 radical (unpaired) electrons. The first-order valence-electron chi connectivity index (χ1n) is 7.44. The SMILES string of the molecule is Cc1nc(CN(CCO)CC(C)(C)C)nc2ccccc12. The van der Waals surface area contributed by atoms with Crippen LogP contribution in [0.25, 0.3) is 10.9 Å². The number of benzene rings is 1. The maximum absolute atomic E-state index is 9.26. The summed E-state index contributed by atoms with van der Waals surface area (Å²) in [4.78, 5) is 11.5. The molecule has 1 N–H and O–H groups in total. The van der Waals surface area contributed by atoms with E-state index in [1.165, 1.54) is 0 Å². The van der Waals surface area contributed by atoms with Gasteiger partial charge in [-0.1, -0.05) is 39.0 Å². The predicted molar refractivity (Wildman–Crippen MR) is 86.1 cm³/mol. The quantitative estimate of drug-likeness (QED) is 0.918. The highest BCUT2D eigenvalue weighted by Crippen LogP contribution is 2.18. The van der Waals surface area contributed by atoms with Crippen LogP contribution < -0.4 is 0 Å². The topological polar surface area (TPSA) is 49.2 Å². The van der Waals surface area contributed by atoms with Crippen LogP contribution in [0, 0.1) is 12.3 Å². The molecule has 0 saturated carbocycles. The van der Waals surface area contributed by atoms with Crippen LogP contribution in [0.3, 0.4) is 0 Å². The summed E-state index contributed by atoms with van der Waals surface area (Å²) in [6.07, 6.45) is 0. The first-order chi connectivity index (χ1) is 9.89. The first kappa shape index (κ1) is 15.9. The third kappa shape index (κ3) is 4.48. The molecule has 0 amide bonds. The number of rotatable bonds is 5. The summed E-state index contributed by atoms with van der Waals surface area (Å²) in [5, 5.41) is 10.4. The second kappa shape index (κ2) is 6.50. The van der Waals surface area contributed by atoms with E-state index in [0.717, 1.165) is 29.0 Å². The van der Waals surface area contributed by atoms with Crippen molar-refractivity contribution in [2.24, 2.45) is 5.41 Å². The van der Waals surface area contributed by atoms with Gasteiger partial charge in [0.25, 0.3) is 0 Å². The lowest BCUT2D eigenvalue weighted by atomic mass is 9.96. The monoisotopic (exact) mass is 287 g/mol. The van der Waals surface area contributed by atoms with Crippen molar-refractivity contribution in [1.29, 1.82) is 0 Å². The number of aromatic nitrogens is 2. The lowest BCUT2D eigenvalue weighted by Gasteiger charge is -2.28. The van der Waals surface area contributed by atoms with Crippen LogP contribution in [0.15, 0.2) is 24.3 Å². The van der Waals surface area contributed by atoms with Gasteiger partial charge in [-0.3, -0.25) is 4.90 Å². The van der Waals surface area contributed by atoms with Crippen LogP contribution >= 0.6 is 0 Å². The zero-order valence-electron chi connectivity index (χ0n) is 13.4. The van der Waals surface area contributed by atoms with Crippen molar-refractivity contribution in [3.05, 3.63) is 35.8 Å². The maximum Gasteiger partial charge on any atom is 0.143 e. The molecule has 0 fully saturated rings. The van der Waals surface area contributed by atoms with Crippen LogP contribution in [0.5, 0.6) is 0 Å². The van der Waals surface area contributed by atoms with Crippen molar-refractivity contribution in [2.45, 2.75) is 34.2 Å². The van der Waals surface area contributed by atoms with Crippen molar-refractivity contribution >= 4 is 10.9 Å². The fourth-order valence-corrected chi connectivity index (χ4v) is 2.59. The highest BCUT2D eigenvalue weighted by Gasteiger charge is 2.17. The van der Waals surface area contributed by atoms with Crippen LogP contribution in [0.2, 0.25) is 0 Å². The molecule has 2 aromatic rings. The van der Waals surface area contributed by atoms with Gasteiger partial charge in [-0.05, 0) is 18.4 Å². The van der Waals surface area contributed by atoms with Gasteiger partial charge < -0.3 is 5.11 Å². The number of aliphatic hydroxyl groups is 1. The molecule has 0 aliphatic rings. The molecular weight excluding hydrogens is 262 g/mol. The summed E-state index contributed by atoms with van der Waals surface area (Å²) in [5.74, 6) is 0.823. The van der Waals surface area contributed by atoms with Gasteiger partial charge in [-0.15, -0.1) is 0 Å². The standard InChI is InChI=1S/C17H25N3O/c1-13-14-7-5-6-8-15(14)19-16(18-13)11-20(9-10-21)12-17(2,3)4/h5-8,21H,9-12H2,1-4H3. The fraction of sp³-hybridized carbons (Fsp3) is 0.529. The zero-order valence-corrected chi connectivity index (χ0v) is 13.4. The summed E-state index contributed by atoms with van der Waals surface area (Å²) in [6, 6.07) is 8.08. The second-order valence-corrected chi connectivity index (χ2v) is 6.74. The summed E-state index contributed by atoms with van der Waals surface area (Å²) >= 11 is 0. The van der Waals surface area contributed by atoms with Crippen molar-refractivity contribution in [2.75, 3.05) is 19.7 Å². The average molecular weight is 287 g/mol. The number of hydrogen-bond donors (Lipinski definition) is 1. The minimum atomic E-state index is 0.155. The first-order valence-corrected chi connectivity index (χ1v) is 7.44. The maximum atomic E-state index is 9.26. The van der Waals surface area contributed by atoms with E-state index in [0.29, 0.717) is 13.1 Å². The number of nitrogens with zero attached hydrogens (tertiary/aromatic N) is 3. The van der Waals surface area contributed by atoms with Gasteiger partial charge in [0.1, 0.15) is 5.82 Å². The Labute approximate surface area is 126 Å². The molecule has 0 atom stereocenters. The van der Waals surface area contributed by atoms with E-state index < -0.39 is 0 Å². The van der Waals surface area contributed by atoms with Gasteiger partial charge in [0.05, 0.1) is 18.7 Å². The number of fused-ring (bicyclic) bond motifs is 1. The Bertz CT molecular complexity index is 604. The molecule has 1 heterocycles. The largest absolute Gasteiger partial charge is 0.395 e. The molecular formula is C17H25N3O. The van der Waals surface area contributed by atoms with Crippen LogP contribution in [0.4, 0.5) is 0 Å². The number of aryl methyl sites for hydroxylation is 1. The van der Waals surface area contributed by atoms with Crippen molar-refractivity contribution in [3.63, 3.8) is 0 Å². The van der Waals surface area contributed by atoms with Gasteiger partial charge in [-0.25, -0.2) is 9.97 Å². The third-order valence-electron chi connectivity index (χ3n) is 3.32. The van der Waals surface area contributed by atoms with Crippen molar-refractivity contribution in [1.82, 2.24) is 14.9 Å². The molecule has 0 aliphatic carbocycles. The average Bonchev–Trinajstić information content (AvgIpc) is 2.37. The van der Waals surface area contributed by atoms with E-state index in [-0.39, 0.29) is 12.0 Å². The Hall–Kier alpha value is -1.52. The lowest BCUT2D eigenvalue weighted by Crippen LogP contribution is -2.35. The molecule has 4 nitrogen and oxygen atoms in total. The number of para-hydroxylation sites is 1. The lowest BCUT2D eigenvalue weighted by molar-refractivity contribution is 0.143. The van der Waals surface area contributed by atoms with Gasteiger partial charge in [0.2, 0.25) is 0 Å². The molecule has 1 aromatic carbocycles. The Morgan fingerprint density at radius 2 is 1.86 bits per heavy atom. The molecule has 0 bridgehead atoms. The van der Waals surface area contributed by atoms with Crippen LogP contribution in [-0.4, -0.2) is 39.7 Å². The Morgan fingerprint density at radius 1 is 1.14 bits per heavy atom. The normalized spacial score (nSPS) is 12.3. The minimum absolute atomic E-state index is 0.155. The summed E-state index contributed by atoms with van der Waals surface area (Å²) in [7, 11) is 0. The van der Waals surface area contributed by atoms with E-state index in [1.807, 2.05) is 25.1 Å². The molecule has 0 aliphatic heterocycles. The number of hydrogen-bond acceptors (Lipinski definition) is 4. The molecule has 0 saturated heterocycles. The molecule has 114 valence electrons. The summed E-state index contributed by atoms with van der Waals surface area (Å²) in [5.41, 5.74) is 2.18. The van der Waals surface area contributed by atoms with E-state index in [4.69, 9.17) is 0 Å². The Balaban J connectivity index is 2.24. The van der Waals surface area contributed by atoms with E-state index in [2.05, 4.69) is 41.7 Å². The molecule has 2 rings (SSSR count). The molecule has 4 heteroatoms. The van der Waals surface area contributed by atoms with E-state index in [9.17, 15) is 5.11 Å². The van der Waals surface area contributed by atoms with Gasteiger partial charge >= 0.3 is 0 Å². The molecule has 21 heavy (non-hydrogen) atoms. The zero-order chi connectivity index (χ0) is 15.5. The van der Waals surface area contributed by atoms with E-state index >= 15 is 0 Å².